The summed E-state index contributed by atoms with van der Waals surface area (Å²) in [7, 11) is 0. The summed E-state index contributed by atoms with van der Waals surface area (Å²) < 4.78 is 16.4. The third-order valence-corrected chi connectivity index (χ3v) is 6.90. The second kappa shape index (κ2) is 7.03. The molecule has 1 fully saturated rings. The molecule has 0 N–H and O–H groups in total. The van der Waals surface area contributed by atoms with E-state index < -0.39 is 11.1 Å². The number of thiophene rings is 1. The molecule has 1 spiro atoms. The van der Waals surface area contributed by atoms with Crippen LogP contribution in [0, 0.1) is 5.82 Å². The van der Waals surface area contributed by atoms with Gasteiger partial charge in [-0.05, 0) is 48.5 Å². The van der Waals surface area contributed by atoms with Crippen molar-refractivity contribution in [3.8, 4) is 0 Å². The lowest BCUT2D eigenvalue weighted by molar-refractivity contribution is 0.297. The summed E-state index contributed by atoms with van der Waals surface area (Å²) >= 11 is 1.54. The molecule has 1 aromatic carbocycles. The fourth-order valence-electron chi connectivity index (χ4n) is 4.60. The average molecular weight is 412 g/mol. The summed E-state index contributed by atoms with van der Waals surface area (Å²) in [4.78, 5) is 28.5. The number of aromatic nitrogens is 3. The first-order valence-corrected chi connectivity index (χ1v) is 10.6. The summed E-state index contributed by atoms with van der Waals surface area (Å²) in [5.41, 5.74) is -0.328. The van der Waals surface area contributed by atoms with Crippen LogP contribution in [0.2, 0.25) is 0 Å². The van der Waals surface area contributed by atoms with E-state index in [0.29, 0.717) is 19.6 Å². The van der Waals surface area contributed by atoms with E-state index in [-0.39, 0.29) is 11.2 Å². The minimum absolute atomic E-state index is 0.225. The highest BCUT2D eigenvalue weighted by Crippen LogP contribution is 2.40. The number of halogens is 1. The van der Waals surface area contributed by atoms with E-state index in [1.165, 1.54) is 10.7 Å². The Labute approximate surface area is 170 Å². The van der Waals surface area contributed by atoms with Crippen LogP contribution in [0.15, 0.2) is 51.4 Å². The number of nitrogens with zero attached hydrogens (tertiary/aromatic N) is 4. The zero-order valence-corrected chi connectivity index (χ0v) is 16.7. The smallest absolute Gasteiger partial charge is 0.298 e. The number of hydrogen-bond acceptors (Lipinski definition) is 5. The van der Waals surface area contributed by atoms with Crippen molar-refractivity contribution in [1.29, 1.82) is 0 Å². The minimum atomic E-state index is -0.561. The molecular weight excluding hydrogens is 391 g/mol. The number of rotatable bonds is 4. The van der Waals surface area contributed by atoms with Crippen molar-refractivity contribution in [2.45, 2.75) is 37.9 Å². The van der Waals surface area contributed by atoms with Gasteiger partial charge in [0.05, 0.1) is 6.54 Å². The van der Waals surface area contributed by atoms with Crippen molar-refractivity contribution < 1.29 is 4.39 Å². The molecule has 4 heterocycles. The van der Waals surface area contributed by atoms with Gasteiger partial charge in [0.25, 0.3) is 0 Å². The Balaban J connectivity index is 1.45. The van der Waals surface area contributed by atoms with Gasteiger partial charge in [0.2, 0.25) is 0 Å². The second-order valence-corrected chi connectivity index (χ2v) is 8.98. The molecule has 0 bridgehead atoms. The Hall–Kier alpha value is -2.58. The van der Waals surface area contributed by atoms with Crippen molar-refractivity contribution >= 4 is 11.3 Å². The maximum absolute atomic E-state index is 13.5. The van der Waals surface area contributed by atoms with E-state index in [1.54, 1.807) is 28.0 Å². The molecule has 5 rings (SSSR count). The van der Waals surface area contributed by atoms with Crippen LogP contribution in [-0.4, -0.2) is 32.3 Å². The van der Waals surface area contributed by atoms with Crippen LogP contribution in [0.5, 0.6) is 0 Å². The van der Waals surface area contributed by atoms with Crippen LogP contribution in [-0.2, 0) is 25.0 Å². The quantitative estimate of drug-likeness (QED) is 0.617. The van der Waals surface area contributed by atoms with Gasteiger partial charge in [-0.15, -0.1) is 11.3 Å². The molecule has 0 saturated carbocycles. The van der Waals surface area contributed by atoms with Gasteiger partial charge in [0.15, 0.2) is 0 Å². The van der Waals surface area contributed by atoms with Gasteiger partial charge in [0.1, 0.15) is 11.6 Å². The molecule has 29 heavy (non-hydrogen) atoms. The third-order valence-electron chi connectivity index (χ3n) is 6.04. The molecule has 6 nitrogen and oxygen atoms in total. The Kier molecular flexibility index (Phi) is 4.48. The van der Waals surface area contributed by atoms with Crippen LogP contribution < -0.4 is 11.1 Å². The van der Waals surface area contributed by atoms with E-state index in [1.807, 2.05) is 23.6 Å². The summed E-state index contributed by atoms with van der Waals surface area (Å²) in [5.74, 6) is 0.494. The lowest BCUT2D eigenvalue weighted by atomic mass is 9.85. The normalized spacial score (nSPS) is 21.1. The molecule has 0 amide bonds. The standard InChI is InChI=1S/C21H21FN4O2S/c22-16-4-1-3-15(11-16)12-24-8-6-21(14-24)7-9-25-18(27)19(28)26(23-20(21)25)13-17-5-2-10-29-17/h1-5,10-11H,6-9,12-14H2/t21-/m1/s1. The topological polar surface area (TPSA) is 60.1 Å². The van der Waals surface area contributed by atoms with Crippen molar-refractivity contribution in [2.24, 2.45) is 0 Å². The predicted octanol–water partition coefficient (Wildman–Crippen LogP) is 2.20. The fraction of sp³-hybridized carbons (Fsp3) is 0.381. The molecule has 8 heteroatoms. The highest BCUT2D eigenvalue weighted by atomic mass is 32.1. The molecule has 2 aliphatic heterocycles. The van der Waals surface area contributed by atoms with Gasteiger partial charge in [-0.25, -0.2) is 9.07 Å². The van der Waals surface area contributed by atoms with E-state index in [4.69, 9.17) is 0 Å². The summed E-state index contributed by atoms with van der Waals surface area (Å²) in [6, 6.07) is 10.5. The largest absolute Gasteiger partial charge is 0.332 e. The zero-order valence-electron chi connectivity index (χ0n) is 15.9. The van der Waals surface area contributed by atoms with Gasteiger partial charge < -0.3 is 0 Å². The lowest BCUT2D eigenvalue weighted by Gasteiger charge is -2.23. The van der Waals surface area contributed by atoms with Crippen molar-refractivity contribution in [2.75, 3.05) is 13.1 Å². The van der Waals surface area contributed by atoms with Crippen molar-refractivity contribution in [3.05, 3.63) is 84.6 Å². The van der Waals surface area contributed by atoms with Gasteiger partial charge in [-0.1, -0.05) is 18.2 Å². The SMILES string of the molecule is O=c1c(=O)n2c(nn1Cc1cccs1)[C@]1(CCN(Cc3cccc(F)c3)C1)CC2. The Morgan fingerprint density at radius 2 is 1.93 bits per heavy atom. The minimum Gasteiger partial charge on any atom is -0.298 e. The Morgan fingerprint density at radius 1 is 1.07 bits per heavy atom. The maximum atomic E-state index is 13.5. The van der Waals surface area contributed by atoms with Gasteiger partial charge >= 0.3 is 11.1 Å². The van der Waals surface area contributed by atoms with Crippen LogP contribution >= 0.6 is 11.3 Å². The number of likely N-dealkylation sites (tertiary alicyclic amines) is 1. The Bertz CT molecular complexity index is 1170. The van der Waals surface area contributed by atoms with Crippen molar-refractivity contribution in [3.63, 3.8) is 0 Å². The molecular formula is C21H21FN4O2S. The van der Waals surface area contributed by atoms with E-state index in [0.717, 1.165) is 42.2 Å². The molecule has 2 aromatic heterocycles. The predicted molar refractivity (Wildman–Crippen MR) is 109 cm³/mol. The lowest BCUT2D eigenvalue weighted by Crippen LogP contribution is -2.45. The number of benzene rings is 1. The fourth-order valence-corrected chi connectivity index (χ4v) is 5.29. The molecule has 2 aliphatic rings. The summed E-state index contributed by atoms with van der Waals surface area (Å²) in [6.07, 6.45) is 1.68. The summed E-state index contributed by atoms with van der Waals surface area (Å²) in [6.45, 7) is 3.13. The van der Waals surface area contributed by atoms with Crippen LogP contribution in [0.25, 0.3) is 0 Å². The Morgan fingerprint density at radius 3 is 2.72 bits per heavy atom. The van der Waals surface area contributed by atoms with Gasteiger partial charge in [-0.3, -0.25) is 19.1 Å². The average Bonchev–Trinajstić information content (AvgIpc) is 3.42. The molecule has 0 aliphatic carbocycles. The second-order valence-electron chi connectivity index (χ2n) is 7.94. The molecule has 150 valence electrons. The molecule has 1 saturated heterocycles. The first-order valence-electron chi connectivity index (χ1n) is 9.76. The highest BCUT2D eigenvalue weighted by Gasteiger charge is 2.47. The highest BCUT2D eigenvalue weighted by molar-refractivity contribution is 7.09. The maximum Gasteiger partial charge on any atom is 0.332 e. The van der Waals surface area contributed by atoms with Crippen LogP contribution in [0.4, 0.5) is 4.39 Å². The molecule has 0 unspecified atom stereocenters. The van der Waals surface area contributed by atoms with Crippen molar-refractivity contribution in [1.82, 2.24) is 19.2 Å². The first kappa shape index (κ1) is 18.4. The van der Waals surface area contributed by atoms with Gasteiger partial charge in [-0.2, -0.15) is 5.10 Å². The molecule has 1 atom stereocenters. The third kappa shape index (κ3) is 3.26. The molecule has 0 radical (unpaired) electrons. The number of fused-ring (bicyclic) bond motifs is 2. The van der Waals surface area contributed by atoms with E-state index in [2.05, 4.69) is 10.00 Å². The van der Waals surface area contributed by atoms with Gasteiger partial charge in [0, 0.05) is 29.9 Å². The van der Waals surface area contributed by atoms with Crippen LogP contribution in [0.3, 0.4) is 0 Å². The zero-order chi connectivity index (χ0) is 20.0. The monoisotopic (exact) mass is 412 g/mol. The first-order chi connectivity index (χ1) is 14.0. The molecule has 3 aromatic rings. The van der Waals surface area contributed by atoms with E-state index >= 15 is 0 Å². The summed E-state index contributed by atoms with van der Waals surface area (Å²) in [5, 5.41) is 6.61. The number of hydrogen-bond donors (Lipinski definition) is 0. The van der Waals surface area contributed by atoms with Crippen LogP contribution in [0.1, 0.15) is 29.1 Å². The van der Waals surface area contributed by atoms with E-state index in [9.17, 15) is 14.0 Å².